The van der Waals surface area contributed by atoms with Gasteiger partial charge in [0.1, 0.15) is 0 Å². The number of aromatic nitrogens is 1. The average molecular weight is 390 g/mol. The van der Waals surface area contributed by atoms with Gasteiger partial charge in [-0.05, 0) is 55.0 Å². The maximum atomic E-state index is 12.9. The molecule has 4 rings (SSSR count). The molecule has 1 aromatic heterocycles. The van der Waals surface area contributed by atoms with E-state index in [1.165, 1.54) is 6.07 Å². The third kappa shape index (κ3) is 3.30. The van der Waals surface area contributed by atoms with Crippen molar-refractivity contribution in [2.45, 2.75) is 37.8 Å². The highest BCUT2D eigenvalue weighted by Crippen LogP contribution is 2.39. The number of aryl methyl sites for hydroxylation is 1. The van der Waals surface area contributed by atoms with Crippen LogP contribution in [0.2, 0.25) is 0 Å². The summed E-state index contributed by atoms with van der Waals surface area (Å²) in [7, 11) is 0. The number of amides is 1. The first-order valence-electron chi connectivity index (χ1n) is 8.90. The molecule has 0 saturated heterocycles. The molecule has 1 amide bonds. The number of halogens is 3. The van der Waals surface area contributed by atoms with Crippen molar-refractivity contribution in [3.05, 3.63) is 52.3 Å². The van der Waals surface area contributed by atoms with Gasteiger partial charge in [0.25, 0.3) is 5.91 Å². The number of aromatic amines is 1. The number of hydrogen-bond acceptors (Lipinski definition) is 2. The summed E-state index contributed by atoms with van der Waals surface area (Å²) in [6.07, 6.45) is -0.368. The summed E-state index contributed by atoms with van der Waals surface area (Å²) in [6.45, 7) is 0. The van der Waals surface area contributed by atoms with Crippen molar-refractivity contribution in [2.75, 3.05) is 5.32 Å². The normalized spacial score (nSPS) is 20.0. The molecule has 0 bridgehead atoms. The standard InChI is InChI=1S/C20H17F3N2O3/c21-20(22,23)11-4-5-13-15(19(28)25-17(13)7-11)9-12-8-14-10(6-18(26)27)2-1-3-16(14)24-12/h4-5,7-10,24H,1-3,6H2,(H,25,28)(H,26,27). The number of alkyl halides is 3. The van der Waals surface area contributed by atoms with E-state index in [9.17, 15) is 22.8 Å². The SMILES string of the molecule is O=C(O)CC1CCCc2[nH]c(C=C3C(=O)Nc4cc(C(F)(F)F)ccc43)cc21. The van der Waals surface area contributed by atoms with Gasteiger partial charge < -0.3 is 15.4 Å². The van der Waals surface area contributed by atoms with E-state index in [0.717, 1.165) is 42.7 Å². The van der Waals surface area contributed by atoms with Crippen LogP contribution in [0, 0.1) is 0 Å². The first kappa shape index (κ1) is 18.3. The number of carbonyl (C=O) groups is 2. The maximum Gasteiger partial charge on any atom is 0.416 e. The quantitative estimate of drug-likeness (QED) is 0.679. The lowest BCUT2D eigenvalue weighted by atomic mass is 9.85. The van der Waals surface area contributed by atoms with E-state index < -0.39 is 23.6 Å². The molecule has 1 unspecified atom stereocenters. The van der Waals surface area contributed by atoms with Gasteiger partial charge in [-0.3, -0.25) is 9.59 Å². The molecule has 8 heteroatoms. The van der Waals surface area contributed by atoms with Gasteiger partial charge in [-0.2, -0.15) is 13.2 Å². The first-order chi connectivity index (χ1) is 13.2. The Morgan fingerprint density at radius 1 is 1.29 bits per heavy atom. The van der Waals surface area contributed by atoms with Gasteiger partial charge in [0, 0.05) is 22.6 Å². The van der Waals surface area contributed by atoms with E-state index in [0.29, 0.717) is 11.3 Å². The van der Waals surface area contributed by atoms with E-state index >= 15 is 0 Å². The predicted molar refractivity (Wildman–Crippen MR) is 96.7 cm³/mol. The molecule has 0 fully saturated rings. The van der Waals surface area contributed by atoms with E-state index in [4.69, 9.17) is 5.11 Å². The predicted octanol–water partition coefficient (Wildman–Crippen LogP) is 4.42. The lowest BCUT2D eigenvalue weighted by molar-refractivity contribution is -0.138. The van der Waals surface area contributed by atoms with Crippen LogP contribution >= 0.6 is 0 Å². The van der Waals surface area contributed by atoms with Gasteiger partial charge in [-0.15, -0.1) is 0 Å². The van der Waals surface area contributed by atoms with Crippen molar-refractivity contribution in [3.8, 4) is 0 Å². The monoisotopic (exact) mass is 390 g/mol. The highest BCUT2D eigenvalue weighted by atomic mass is 19.4. The highest BCUT2D eigenvalue weighted by molar-refractivity contribution is 6.34. The minimum Gasteiger partial charge on any atom is -0.481 e. The van der Waals surface area contributed by atoms with Crippen LogP contribution in [0.3, 0.4) is 0 Å². The summed E-state index contributed by atoms with van der Waals surface area (Å²) in [6, 6.07) is 5.01. The zero-order chi connectivity index (χ0) is 20.1. The van der Waals surface area contributed by atoms with Crippen LogP contribution in [0.15, 0.2) is 24.3 Å². The molecule has 28 heavy (non-hydrogen) atoms. The molecule has 1 aliphatic heterocycles. The average Bonchev–Trinajstić information content (AvgIpc) is 3.15. The zero-order valence-corrected chi connectivity index (χ0v) is 14.7. The number of anilines is 1. The topological polar surface area (TPSA) is 82.2 Å². The minimum atomic E-state index is -4.48. The number of rotatable bonds is 3. The van der Waals surface area contributed by atoms with Crippen molar-refractivity contribution in [2.24, 2.45) is 0 Å². The molecule has 1 atom stereocenters. The number of H-pyrrole nitrogens is 1. The smallest absolute Gasteiger partial charge is 0.416 e. The third-order valence-electron chi connectivity index (χ3n) is 5.22. The first-order valence-corrected chi connectivity index (χ1v) is 8.90. The molecular formula is C20H17F3N2O3. The van der Waals surface area contributed by atoms with Crippen LogP contribution in [0.1, 0.15) is 53.3 Å². The Kier molecular flexibility index (Phi) is 4.28. The number of carbonyl (C=O) groups excluding carboxylic acids is 1. The number of hydrogen-bond donors (Lipinski definition) is 3. The summed E-state index contributed by atoms with van der Waals surface area (Å²) >= 11 is 0. The van der Waals surface area contributed by atoms with Crippen LogP contribution in [0.4, 0.5) is 18.9 Å². The Bertz CT molecular complexity index is 1000. The molecule has 1 aromatic carbocycles. The van der Waals surface area contributed by atoms with E-state index in [-0.39, 0.29) is 23.6 Å². The Hall–Kier alpha value is -3.03. The molecule has 146 valence electrons. The van der Waals surface area contributed by atoms with Gasteiger partial charge in [0.2, 0.25) is 0 Å². The Morgan fingerprint density at radius 2 is 2.07 bits per heavy atom. The number of nitrogens with one attached hydrogen (secondary N) is 2. The summed E-state index contributed by atoms with van der Waals surface area (Å²) in [5.41, 5.74) is 2.53. The largest absolute Gasteiger partial charge is 0.481 e. The highest BCUT2D eigenvalue weighted by Gasteiger charge is 2.33. The van der Waals surface area contributed by atoms with Crippen LogP contribution in [-0.2, 0) is 22.2 Å². The maximum absolute atomic E-state index is 12.9. The summed E-state index contributed by atoms with van der Waals surface area (Å²) < 4.78 is 38.6. The fourth-order valence-electron chi connectivity index (χ4n) is 3.96. The van der Waals surface area contributed by atoms with Gasteiger partial charge in [-0.25, -0.2) is 0 Å². The van der Waals surface area contributed by atoms with Crippen LogP contribution in [0.25, 0.3) is 11.6 Å². The van der Waals surface area contributed by atoms with Crippen molar-refractivity contribution >= 4 is 29.2 Å². The van der Waals surface area contributed by atoms with Crippen molar-refractivity contribution in [3.63, 3.8) is 0 Å². The van der Waals surface area contributed by atoms with Crippen molar-refractivity contribution < 1.29 is 27.9 Å². The second-order valence-corrected chi connectivity index (χ2v) is 7.12. The van der Waals surface area contributed by atoms with Crippen molar-refractivity contribution in [1.29, 1.82) is 0 Å². The summed E-state index contributed by atoms with van der Waals surface area (Å²) in [5, 5.41) is 11.6. The molecule has 1 aliphatic carbocycles. The molecule has 3 N–H and O–H groups in total. The number of benzene rings is 1. The number of carboxylic acid groups (broad SMARTS) is 1. The van der Waals surface area contributed by atoms with Gasteiger partial charge in [0.05, 0.1) is 17.6 Å². The molecular weight excluding hydrogens is 373 g/mol. The molecule has 5 nitrogen and oxygen atoms in total. The minimum absolute atomic E-state index is 0.0460. The van der Waals surface area contributed by atoms with Crippen LogP contribution < -0.4 is 5.32 Å². The molecule has 2 aromatic rings. The van der Waals surface area contributed by atoms with E-state index in [1.54, 1.807) is 6.08 Å². The molecule has 0 saturated carbocycles. The fraction of sp³-hybridized carbons (Fsp3) is 0.300. The zero-order valence-electron chi connectivity index (χ0n) is 14.7. The molecule has 2 heterocycles. The van der Waals surface area contributed by atoms with Gasteiger partial charge in [0.15, 0.2) is 0 Å². The van der Waals surface area contributed by atoms with Gasteiger partial charge >= 0.3 is 12.1 Å². The van der Waals surface area contributed by atoms with Crippen molar-refractivity contribution in [1.82, 2.24) is 4.98 Å². The lowest BCUT2D eigenvalue weighted by Crippen LogP contribution is -2.12. The van der Waals surface area contributed by atoms with Gasteiger partial charge in [-0.1, -0.05) is 6.07 Å². The Balaban J connectivity index is 1.69. The summed E-state index contributed by atoms with van der Waals surface area (Å²) in [5.74, 6) is -1.41. The molecule has 0 radical (unpaired) electrons. The Labute approximate surface area is 158 Å². The van der Waals surface area contributed by atoms with E-state index in [2.05, 4.69) is 10.3 Å². The summed E-state index contributed by atoms with van der Waals surface area (Å²) in [4.78, 5) is 26.6. The number of carboxylic acids is 1. The molecule has 0 spiro atoms. The fourth-order valence-corrected chi connectivity index (χ4v) is 3.96. The van der Waals surface area contributed by atoms with Crippen LogP contribution in [0.5, 0.6) is 0 Å². The Morgan fingerprint density at radius 3 is 2.79 bits per heavy atom. The van der Waals surface area contributed by atoms with Crippen LogP contribution in [-0.4, -0.2) is 22.0 Å². The number of fused-ring (bicyclic) bond motifs is 2. The second kappa shape index (κ2) is 6.54. The third-order valence-corrected chi connectivity index (χ3v) is 5.22. The lowest BCUT2D eigenvalue weighted by Gasteiger charge is -2.20. The van der Waals surface area contributed by atoms with E-state index in [1.807, 2.05) is 6.07 Å². The number of aliphatic carboxylic acids is 1. The molecule has 2 aliphatic rings. The second-order valence-electron chi connectivity index (χ2n) is 7.12.